The van der Waals surface area contributed by atoms with Gasteiger partial charge < -0.3 is 13.4 Å². The second-order valence-corrected chi connectivity index (χ2v) is 28.4. The molecule has 476 valence electrons. The van der Waals surface area contributed by atoms with Crippen LogP contribution in [0.15, 0.2) is 300 Å². The van der Waals surface area contributed by atoms with E-state index in [-0.39, 0.29) is 0 Å². The van der Waals surface area contributed by atoms with Crippen molar-refractivity contribution in [2.45, 2.75) is 0 Å². The van der Waals surface area contributed by atoms with Crippen LogP contribution in [0.25, 0.3) is 213 Å². The van der Waals surface area contributed by atoms with Gasteiger partial charge in [-0.05, 0) is 108 Å². The first kappa shape index (κ1) is 58.0. The highest BCUT2D eigenvalue weighted by Gasteiger charge is 2.24. The molecule has 0 amide bonds. The first-order valence-corrected chi connectivity index (χ1v) is 35.8. The summed E-state index contributed by atoms with van der Waals surface area (Å²) in [5.41, 5.74) is 17.5. The Kier molecular flexibility index (Phi) is 13.2. The van der Waals surface area contributed by atoms with Gasteiger partial charge in [-0.1, -0.05) is 194 Å². The summed E-state index contributed by atoms with van der Waals surface area (Å²) in [7, 11) is 0. The Hall–Kier alpha value is -13.1. The molecule has 0 saturated carbocycles. The normalized spacial score (nSPS) is 11.9. The zero-order chi connectivity index (χ0) is 66.9. The Morgan fingerprint density at radius 1 is 0.245 bits per heavy atom. The van der Waals surface area contributed by atoms with Crippen molar-refractivity contribution in [3.63, 3.8) is 0 Å². The Morgan fingerprint density at radius 3 is 1.38 bits per heavy atom. The first-order chi connectivity index (χ1) is 50.5. The number of para-hydroxylation sites is 4. The van der Waals surface area contributed by atoms with Crippen molar-refractivity contribution < 1.29 is 8.83 Å². The SMILES string of the molecule is c1ccc(-c2nc(-c3cccc(-n4c5ccccc5c5c(-c6ccc7nc(-c8ccc9c(c8)sc8cccc(-c%10nc(-c%11ccccc%11)nc(-c%11ccc(-c%12nc%13ccccc%13s%12)cc%11)n%10)c89)oc7c6)cccc54)c3)nc(-c3cccc4sc5cc(-c6nc7ccccc7o6)ccc5c34)n2)cc1. The average Bonchev–Trinajstić information content (AvgIpc) is 1.64. The van der Waals surface area contributed by atoms with Crippen molar-refractivity contribution in [1.82, 2.24) is 49.4 Å². The smallest absolute Gasteiger partial charge is 0.227 e. The molecule has 15 heteroatoms. The van der Waals surface area contributed by atoms with Crippen LogP contribution in [0.4, 0.5) is 0 Å². The van der Waals surface area contributed by atoms with Crippen molar-refractivity contribution in [3.05, 3.63) is 291 Å². The van der Waals surface area contributed by atoms with Crippen LogP contribution in [-0.2, 0) is 0 Å². The highest BCUT2D eigenvalue weighted by Crippen LogP contribution is 2.46. The van der Waals surface area contributed by atoms with Crippen molar-refractivity contribution in [3.8, 4) is 119 Å². The molecule has 0 spiro atoms. The van der Waals surface area contributed by atoms with Crippen molar-refractivity contribution >= 4 is 129 Å². The standard InChI is InChI=1S/C87H48N10O2S3/c1-3-17-49(18-4-1)79-91-81(51-35-37-52(38-36-51)87-90-66-28-9-12-32-71(66)102-87)95-83(93-79)62-25-15-33-72-77(62)61-43-40-56(48-75(61)101-72)86-89-65-44-41-53(46-70(65)99-86)58-24-14-30-68-76(58)59-23-7-10-29-67(59)97(68)57-22-13-21-54(45-57)82-92-80(50-19-5-2-6-20-50)94-84(96-82)63-26-16-34-73-78(63)60-42-39-55(47-74(60)100-73)85-88-64-27-8-11-31-69(64)98-85/h1-48H. The fraction of sp³-hybridized carbons (Fsp3) is 0. The summed E-state index contributed by atoms with van der Waals surface area (Å²) in [6.45, 7) is 0. The minimum absolute atomic E-state index is 0.547. The third-order valence-electron chi connectivity index (χ3n) is 19.0. The van der Waals surface area contributed by atoms with Gasteiger partial charge in [0.15, 0.2) is 46.1 Å². The van der Waals surface area contributed by atoms with Crippen LogP contribution in [0.2, 0.25) is 0 Å². The van der Waals surface area contributed by atoms with Crippen molar-refractivity contribution in [2.24, 2.45) is 0 Å². The van der Waals surface area contributed by atoms with E-state index < -0.39 is 0 Å². The average molecular weight is 1360 g/mol. The van der Waals surface area contributed by atoms with Crippen LogP contribution in [0.3, 0.4) is 0 Å². The molecular formula is C87H48N10O2S3. The molecule has 8 aromatic heterocycles. The van der Waals surface area contributed by atoms with Gasteiger partial charge in [-0.15, -0.1) is 34.0 Å². The van der Waals surface area contributed by atoms with Crippen molar-refractivity contribution in [2.75, 3.05) is 0 Å². The molecule has 21 rings (SSSR count). The fourth-order valence-electron chi connectivity index (χ4n) is 14.3. The second-order valence-electron chi connectivity index (χ2n) is 25.2. The Balaban J connectivity index is 0.618. The number of hydrogen-bond acceptors (Lipinski definition) is 14. The number of hydrogen-bond donors (Lipinski definition) is 0. The third kappa shape index (κ3) is 9.73. The zero-order valence-corrected chi connectivity index (χ0v) is 56.2. The summed E-state index contributed by atoms with van der Waals surface area (Å²) < 4.78 is 21.0. The maximum Gasteiger partial charge on any atom is 0.227 e. The van der Waals surface area contributed by atoms with E-state index in [1.54, 1.807) is 34.0 Å². The molecule has 13 aromatic carbocycles. The van der Waals surface area contributed by atoms with Crippen LogP contribution in [0, 0.1) is 0 Å². The van der Waals surface area contributed by atoms with Gasteiger partial charge in [0.1, 0.15) is 16.0 Å². The molecule has 102 heavy (non-hydrogen) atoms. The van der Waals surface area contributed by atoms with Gasteiger partial charge >= 0.3 is 0 Å². The van der Waals surface area contributed by atoms with Gasteiger partial charge in [-0.3, -0.25) is 0 Å². The number of fused-ring (bicyclic) bond motifs is 12. The van der Waals surface area contributed by atoms with Crippen LogP contribution >= 0.6 is 34.0 Å². The van der Waals surface area contributed by atoms with Gasteiger partial charge in [0, 0.05) is 107 Å². The Morgan fingerprint density at radius 2 is 0.725 bits per heavy atom. The quantitative estimate of drug-likeness (QED) is 0.122. The molecule has 0 fully saturated rings. The van der Waals surface area contributed by atoms with E-state index in [9.17, 15) is 0 Å². The van der Waals surface area contributed by atoms with Crippen LogP contribution in [0.5, 0.6) is 0 Å². The molecule has 12 nitrogen and oxygen atoms in total. The number of thiophene rings is 2. The maximum atomic E-state index is 6.79. The van der Waals surface area contributed by atoms with Crippen LogP contribution in [0.1, 0.15) is 0 Å². The lowest BCUT2D eigenvalue weighted by molar-refractivity contribution is 0.619. The fourth-order valence-corrected chi connectivity index (χ4v) is 17.6. The predicted octanol–water partition coefficient (Wildman–Crippen LogP) is 23.5. The van der Waals surface area contributed by atoms with E-state index in [4.69, 9.17) is 53.7 Å². The van der Waals surface area contributed by atoms with E-state index >= 15 is 0 Å². The maximum absolute atomic E-state index is 6.79. The van der Waals surface area contributed by atoms with Gasteiger partial charge in [-0.25, -0.2) is 44.9 Å². The van der Waals surface area contributed by atoms with Gasteiger partial charge in [0.25, 0.3) is 0 Å². The molecule has 0 atom stereocenters. The molecule has 0 unspecified atom stereocenters. The topological polar surface area (TPSA) is 147 Å². The molecule has 21 aromatic rings. The predicted molar refractivity (Wildman–Crippen MR) is 416 cm³/mol. The minimum Gasteiger partial charge on any atom is -0.436 e. The second kappa shape index (κ2) is 23.3. The number of benzene rings is 13. The Labute approximate surface area is 592 Å². The summed E-state index contributed by atoms with van der Waals surface area (Å²) in [5.74, 6) is 4.69. The van der Waals surface area contributed by atoms with Gasteiger partial charge in [-0.2, -0.15) is 0 Å². The zero-order valence-electron chi connectivity index (χ0n) is 53.7. The lowest BCUT2D eigenvalue weighted by atomic mass is 9.99. The van der Waals surface area contributed by atoms with E-state index in [1.165, 1.54) is 0 Å². The summed E-state index contributed by atoms with van der Waals surface area (Å²) in [6.07, 6.45) is 0. The Bertz CT molecular complexity index is 6910. The van der Waals surface area contributed by atoms with E-state index in [2.05, 4.69) is 205 Å². The minimum atomic E-state index is 0.547. The van der Waals surface area contributed by atoms with Crippen molar-refractivity contribution in [1.29, 1.82) is 0 Å². The summed E-state index contributed by atoms with van der Waals surface area (Å²) in [6, 6.07) is 100. The lowest BCUT2D eigenvalue weighted by Crippen LogP contribution is -2.01. The van der Waals surface area contributed by atoms with E-state index in [1.807, 2.05) is 91.0 Å². The van der Waals surface area contributed by atoms with Gasteiger partial charge in [0.2, 0.25) is 11.8 Å². The molecule has 0 saturated heterocycles. The third-order valence-corrected chi connectivity index (χ3v) is 22.4. The molecule has 0 radical (unpaired) electrons. The van der Waals surface area contributed by atoms with Gasteiger partial charge in [0.05, 0.1) is 21.3 Å². The number of oxazole rings is 2. The number of rotatable bonds is 11. The first-order valence-electron chi connectivity index (χ1n) is 33.4. The molecule has 0 aliphatic carbocycles. The number of aromatic nitrogens is 10. The molecular weight excluding hydrogens is 1310 g/mol. The highest BCUT2D eigenvalue weighted by molar-refractivity contribution is 7.26. The summed E-state index contributed by atoms with van der Waals surface area (Å²) >= 11 is 5.15. The highest BCUT2D eigenvalue weighted by atomic mass is 32.1. The van der Waals surface area contributed by atoms with Crippen LogP contribution in [-0.4, -0.2) is 49.4 Å². The monoisotopic (exact) mass is 1360 g/mol. The number of nitrogens with zero attached hydrogens (tertiary/aromatic N) is 10. The molecule has 0 aliphatic rings. The molecule has 8 heterocycles. The van der Waals surface area contributed by atoms with E-state index in [0.29, 0.717) is 52.3 Å². The lowest BCUT2D eigenvalue weighted by Gasteiger charge is -2.12. The molecule has 0 N–H and O–H groups in total. The number of thiazole rings is 1. The molecule has 0 bridgehead atoms. The molecule has 0 aliphatic heterocycles. The van der Waals surface area contributed by atoms with Crippen LogP contribution < -0.4 is 0 Å². The summed E-state index contributed by atoms with van der Waals surface area (Å²) in [5, 5.41) is 7.59. The van der Waals surface area contributed by atoms with E-state index in [0.717, 1.165) is 161 Å². The summed E-state index contributed by atoms with van der Waals surface area (Å²) in [4.78, 5) is 46.2. The largest absolute Gasteiger partial charge is 0.436 e.